The second kappa shape index (κ2) is 25.2. The van der Waals surface area contributed by atoms with Crippen LogP contribution in [0, 0.1) is 11.8 Å². The zero-order valence-electron chi connectivity index (χ0n) is 25.1. The molecule has 0 aliphatic carbocycles. The van der Waals surface area contributed by atoms with E-state index in [-0.39, 0.29) is 44.4 Å². The van der Waals surface area contributed by atoms with Crippen LogP contribution in [0.25, 0.3) is 0 Å². The van der Waals surface area contributed by atoms with Gasteiger partial charge in [0, 0.05) is 18.7 Å². The molecule has 0 amide bonds. The molecule has 0 aliphatic rings. The third-order valence-corrected chi connectivity index (χ3v) is 10.5. The van der Waals surface area contributed by atoms with Gasteiger partial charge in [0.1, 0.15) is 0 Å². The van der Waals surface area contributed by atoms with Crippen molar-refractivity contribution < 1.29 is 23.5 Å². The van der Waals surface area contributed by atoms with E-state index in [1.165, 1.54) is 89.9 Å². The minimum absolute atomic E-state index is 0. The predicted octanol–water partition coefficient (Wildman–Crippen LogP) is 7.26. The highest BCUT2D eigenvalue weighted by molar-refractivity contribution is 6.60. The summed E-state index contributed by atoms with van der Waals surface area (Å²) in [4.78, 5) is 0. The molecular formula is C29H64ClNO5Si. The number of nitrogens with two attached hydrogens (primary N) is 1. The molecule has 0 aromatic heterocycles. The van der Waals surface area contributed by atoms with Crippen LogP contribution in [0.4, 0.5) is 0 Å². The normalized spacial score (nSPS) is 13.9. The van der Waals surface area contributed by atoms with Crippen molar-refractivity contribution in [3.63, 3.8) is 0 Å². The predicted molar refractivity (Wildman–Crippen MR) is 161 cm³/mol. The fraction of sp³-hybridized carbons (Fsp3) is 1.00. The lowest BCUT2D eigenvalue weighted by Gasteiger charge is -2.35. The van der Waals surface area contributed by atoms with Crippen LogP contribution in [0.15, 0.2) is 0 Å². The van der Waals surface area contributed by atoms with Gasteiger partial charge in [0.25, 0.3) is 0 Å². The smallest absolute Gasteiger partial charge is 0.394 e. The van der Waals surface area contributed by atoms with Crippen LogP contribution >= 0.6 is 12.4 Å². The van der Waals surface area contributed by atoms with Gasteiger partial charge in [-0.1, -0.05) is 104 Å². The first-order valence-corrected chi connectivity index (χ1v) is 17.0. The number of aliphatic hydroxyl groups excluding tert-OH is 2. The third kappa shape index (κ3) is 21.7. The zero-order valence-corrected chi connectivity index (χ0v) is 26.9. The lowest BCUT2D eigenvalue weighted by molar-refractivity contribution is 0.0460. The Morgan fingerprint density at radius 2 is 1.16 bits per heavy atom. The van der Waals surface area contributed by atoms with Gasteiger partial charge in [0.15, 0.2) is 0 Å². The Balaban J connectivity index is 0. The SMILES string of the molecule is CCCCCCCCCCCCCCCCC(CC(C)C[Si](OC)(OCCO)OCCO)C(C)(C)N.Cl. The molecule has 6 nitrogen and oxygen atoms in total. The lowest BCUT2D eigenvalue weighted by atomic mass is 9.79. The average molecular weight is 570 g/mol. The Kier molecular flexibility index (Phi) is 26.9. The van der Waals surface area contributed by atoms with E-state index >= 15 is 0 Å². The van der Waals surface area contributed by atoms with Crippen molar-refractivity contribution >= 4 is 21.2 Å². The molecule has 0 aromatic carbocycles. The number of aliphatic hydroxyl groups is 2. The summed E-state index contributed by atoms with van der Waals surface area (Å²) in [5.41, 5.74) is 6.35. The Morgan fingerprint density at radius 1 is 0.757 bits per heavy atom. The maximum atomic E-state index is 9.21. The Hall–Kier alpha value is 0.267. The van der Waals surface area contributed by atoms with Crippen LogP contribution < -0.4 is 5.73 Å². The van der Waals surface area contributed by atoms with Crippen LogP contribution in [-0.4, -0.2) is 58.1 Å². The summed E-state index contributed by atoms with van der Waals surface area (Å²) in [7, 11) is -1.33. The van der Waals surface area contributed by atoms with Crippen molar-refractivity contribution in [1.29, 1.82) is 0 Å². The summed E-state index contributed by atoms with van der Waals surface area (Å²) < 4.78 is 17.4. The first-order chi connectivity index (χ1) is 17.2. The van der Waals surface area contributed by atoms with Gasteiger partial charge in [-0.05, 0) is 38.5 Å². The molecule has 0 saturated carbocycles. The summed E-state index contributed by atoms with van der Waals surface area (Å²) in [6, 6.07) is 0.662. The number of hydrogen-bond acceptors (Lipinski definition) is 6. The van der Waals surface area contributed by atoms with Crippen LogP contribution in [0.2, 0.25) is 6.04 Å². The van der Waals surface area contributed by atoms with Gasteiger partial charge in [-0.15, -0.1) is 12.4 Å². The molecule has 0 spiro atoms. The number of hydrogen-bond donors (Lipinski definition) is 3. The second-order valence-electron chi connectivity index (χ2n) is 11.5. The van der Waals surface area contributed by atoms with E-state index in [2.05, 4.69) is 27.7 Å². The zero-order chi connectivity index (χ0) is 27.1. The van der Waals surface area contributed by atoms with Crippen LogP contribution in [0.1, 0.15) is 130 Å². The van der Waals surface area contributed by atoms with Crippen molar-refractivity contribution in [2.45, 2.75) is 142 Å². The van der Waals surface area contributed by atoms with Gasteiger partial charge < -0.3 is 29.2 Å². The first kappa shape index (κ1) is 39.4. The minimum atomic E-state index is -2.93. The highest BCUT2D eigenvalue weighted by atomic mass is 35.5. The minimum Gasteiger partial charge on any atom is -0.394 e. The van der Waals surface area contributed by atoms with Crippen molar-refractivity contribution in [3.05, 3.63) is 0 Å². The number of unbranched alkanes of at least 4 members (excludes halogenated alkanes) is 13. The van der Waals surface area contributed by atoms with Gasteiger partial charge in [0.05, 0.1) is 26.4 Å². The molecule has 0 fully saturated rings. The van der Waals surface area contributed by atoms with Gasteiger partial charge in [-0.3, -0.25) is 0 Å². The molecule has 0 radical (unpaired) electrons. The molecule has 0 bridgehead atoms. The highest BCUT2D eigenvalue weighted by Gasteiger charge is 2.42. The van der Waals surface area contributed by atoms with Crippen molar-refractivity contribution in [1.82, 2.24) is 0 Å². The quantitative estimate of drug-likeness (QED) is 0.0711. The van der Waals surface area contributed by atoms with E-state index in [0.717, 1.165) is 12.8 Å². The molecule has 2 atom stereocenters. The van der Waals surface area contributed by atoms with E-state index in [1.807, 2.05) is 0 Å². The van der Waals surface area contributed by atoms with Crippen molar-refractivity contribution in [3.8, 4) is 0 Å². The molecule has 0 saturated heterocycles. The topological polar surface area (TPSA) is 94.2 Å². The van der Waals surface area contributed by atoms with E-state index in [9.17, 15) is 10.2 Å². The van der Waals surface area contributed by atoms with Crippen molar-refractivity contribution in [2.75, 3.05) is 33.5 Å². The van der Waals surface area contributed by atoms with Crippen LogP contribution in [-0.2, 0) is 13.3 Å². The summed E-state index contributed by atoms with van der Waals surface area (Å²) in [6.45, 7) is 8.97. The maximum absolute atomic E-state index is 9.21. The van der Waals surface area contributed by atoms with Crippen LogP contribution in [0.3, 0.4) is 0 Å². The fourth-order valence-corrected chi connectivity index (χ4v) is 7.68. The third-order valence-electron chi connectivity index (χ3n) is 7.38. The summed E-state index contributed by atoms with van der Waals surface area (Å²) in [5.74, 6) is 0.734. The van der Waals surface area contributed by atoms with Gasteiger partial charge in [0.2, 0.25) is 0 Å². The van der Waals surface area contributed by atoms with Crippen LogP contribution in [0.5, 0.6) is 0 Å². The molecule has 0 heterocycles. The second-order valence-corrected chi connectivity index (χ2v) is 14.2. The summed E-state index contributed by atoms with van der Waals surface area (Å²) in [6.07, 6.45) is 21.4. The fourth-order valence-electron chi connectivity index (χ4n) is 5.14. The molecule has 4 N–H and O–H groups in total. The molecular weight excluding hydrogens is 506 g/mol. The molecule has 37 heavy (non-hydrogen) atoms. The number of halogens is 1. The highest BCUT2D eigenvalue weighted by Crippen LogP contribution is 2.32. The molecule has 0 aromatic rings. The largest absolute Gasteiger partial charge is 0.501 e. The first-order valence-electron chi connectivity index (χ1n) is 15.1. The van der Waals surface area contributed by atoms with Gasteiger partial charge in [-0.25, -0.2) is 0 Å². The summed E-state index contributed by atoms with van der Waals surface area (Å²) >= 11 is 0. The monoisotopic (exact) mass is 569 g/mol. The Labute approximate surface area is 237 Å². The van der Waals surface area contributed by atoms with E-state index in [0.29, 0.717) is 17.9 Å². The number of rotatable bonds is 27. The van der Waals surface area contributed by atoms with E-state index in [4.69, 9.17) is 19.0 Å². The molecule has 0 rings (SSSR count). The van der Waals surface area contributed by atoms with E-state index in [1.54, 1.807) is 7.11 Å². The Morgan fingerprint density at radius 3 is 1.51 bits per heavy atom. The maximum Gasteiger partial charge on any atom is 0.501 e. The summed E-state index contributed by atoms with van der Waals surface area (Å²) in [5, 5.41) is 18.4. The molecule has 2 unspecified atom stereocenters. The van der Waals surface area contributed by atoms with Gasteiger partial charge >= 0.3 is 8.80 Å². The standard InChI is InChI=1S/C29H63NO5Si.ClH/c1-6-7-8-9-10-11-12-13-14-15-16-17-18-19-20-28(29(3,4)30)25-27(2)26-36(33-5,34-23-21-31)35-24-22-32;/h27-28,31-32H,6-26,30H2,1-5H3;1H. The molecule has 8 heteroatoms. The molecule has 226 valence electrons. The van der Waals surface area contributed by atoms with Gasteiger partial charge in [-0.2, -0.15) is 0 Å². The molecule has 0 aliphatic heterocycles. The van der Waals surface area contributed by atoms with Crippen molar-refractivity contribution in [2.24, 2.45) is 17.6 Å². The van der Waals surface area contributed by atoms with E-state index < -0.39 is 8.80 Å². The Bertz CT molecular complexity index is 474. The average Bonchev–Trinajstić information content (AvgIpc) is 2.84. The lowest BCUT2D eigenvalue weighted by Crippen LogP contribution is -2.48.